The van der Waals surface area contributed by atoms with E-state index in [2.05, 4.69) is 5.32 Å². The Hall–Kier alpha value is -1.84. The molecule has 0 fully saturated rings. The Balaban J connectivity index is 2.78. The van der Waals surface area contributed by atoms with Crippen molar-refractivity contribution in [1.82, 2.24) is 5.32 Å². The van der Waals surface area contributed by atoms with E-state index in [9.17, 15) is 9.59 Å². The van der Waals surface area contributed by atoms with Gasteiger partial charge >= 0.3 is 5.97 Å². The van der Waals surface area contributed by atoms with E-state index in [-0.39, 0.29) is 23.8 Å². The van der Waals surface area contributed by atoms with Gasteiger partial charge in [0.15, 0.2) is 0 Å². The zero-order chi connectivity index (χ0) is 15.7. The van der Waals surface area contributed by atoms with Crippen LogP contribution in [0.1, 0.15) is 50.4 Å². The highest BCUT2D eigenvalue weighted by Gasteiger charge is 2.29. The first-order chi connectivity index (χ1) is 10.1. The molecule has 21 heavy (non-hydrogen) atoms. The molecule has 0 aliphatic heterocycles. The number of benzene rings is 1. The topological polar surface area (TPSA) is 55.4 Å². The van der Waals surface area contributed by atoms with E-state index in [0.717, 1.165) is 6.42 Å². The second-order valence-corrected chi connectivity index (χ2v) is 5.00. The van der Waals surface area contributed by atoms with Crippen molar-refractivity contribution in [1.29, 1.82) is 0 Å². The van der Waals surface area contributed by atoms with Gasteiger partial charge in [-0.2, -0.15) is 0 Å². The van der Waals surface area contributed by atoms with Crippen LogP contribution in [-0.2, 0) is 9.53 Å². The van der Waals surface area contributed by atoms with E-state index in [1.807, 2.05) is 32.0 Å². The lowest BCUT2D eigenvalue weighted by atomic mass is 9.92. The van der Waals surface area contributed by atoms with Crippen LogP contribution in [0.25, 0.3) is 0 Å². The number of hydrogen-bond donors (Lipinski definition) is 1. The predicted molar refractivity (Wildman–Crippen MR) is 83.0 cm³/mol. The maximum atomic E-state index is 12.2. The first kappa shape index (κ1) is 17.2. The summed E-state index contributed by atoms with van der Waals surface area (Å²) in [6, 6.07) is 8.85. The van der Waals surface area contributed by atoms with Crippen molar-refractivity contribution in [3.05, 3.63) is 35.9 Å². The van der Waals surface area contributed by atoms with Gasteiger partial charge in [-0.15, -0.1) is 0 Å². The molecule has 0 spiro atoms. The zero-order valence-electron chi connectivity index (χ0n) is 13.1. The second kappa shape index (κ2) is 9.16. The third kappa shape index (κ3) is 5.21. The molecule has 116 valence electrons. The Morgan fingerprint density at radius 2 is 1.81 bits per heavy atom. The van der Waals surface area contributed by atoms with Crippen LogP contribution < -0.4 is 5.32 Å². The molecule has 1 rings (SSSR count). The Morgan fingerprint density at radius 3 is 2.33 bits per heavy atom. The van der Waals surface area contributed by atoms with Gasteiger partial charge in [0.2, 0.25) is 0 Å². The fourth-order valence-electron chi connectivity index (χ4n) is 2.37. The van der Waals surface area contributed by atoms with Gasteiger partial charge in [0.25, 0.3) is 5.91 Å². The number of esters is 1. The Labute approximate surface area is 126 Å². The van der Waals surface area contributed by atoms with Crippen molar-refractivity contribution in [2.45, 2.75) is 46.1 Å². The normalized spacial score (nSPS) is 13.3. The summed E-state index contributed by atoms with van der Waals surface area (Å²) < 4.78 is 5.14. The van der Waals surface area contributed by atoms with Crippen LogP contribution in [0.4, 0.5) is 0 Å². The first-order valence-electron chi connectivity index (χ1n) is 7.66. The average Bonchev–Trinajstić information content (AvgIpc) is 2.51. The highest BCUT2D eigenvalue weighted by Crippen LogP contribution is 2.17. The van der Waals surface area contributed by atoms with Gasteiger partial charge in [0.1, 0.15) is 0 Å². The number of hydrogen-bond acceptors (Lipinski definition) is 3. The molecule has 1 amide bonds. The van der Waals surface area contributed by atoms with E-state index in [1.54, 1.807) is 19.1 Å². The van der Waals surface area contributed by atoms with Gasteiger partial charge in [-0.25, -0.2) is 0 Å². The summed E-state index contributed by atoms with van der Waals surface area (Å²) in [4.78, 5) is 24.3. The summed E-state index contributed by atoms with van der Waals surface area (Å²) in [6.45, 7) is 6.16. The number of ether oxygens (including phenoxy) is 1. The number of rotatable bonds is 8. The Kier molecular flexibility index (Phi) is 7.51. The molecule has 0 aliphatic carbocycles. The maximum absolute atomic E-state index is 12.2. The van der Waals surface area contributed by atoms with Crippen molar-refractivity contribution in [2.24, 2.45) is 5.92 Å². The van der Waals surface area contributed by atoms with Crippen molar-refractivity contribution >= 4 is 11.9 Å². The SMILES string of the molecule is CCC[C@H](C(=O)OCC)[C@@H](CC)NC(=O)c1ccccc1. The summed E-state index contributed by atoms with van der Waals surface area (Å²) in [5, 5.41) is 2.97. The van der Waals surface area contributed by atoms with E-state index in [0.29, 0.717) is 25.0 Å². The highest BCUT2D eigenvalue weighted by atomic mass is 16.5. The minimum Gasteiger partial charge on any atom is -0.466 e. The molecule has 4 nitrogen and oxygen atoms in total. The summed E-state index contributed by atoms with van der Waals surface area (Å²) in [7, 11) is 0. The predicted octanol–water partition coefficient (Wildman–Crippen LogP) is 3.17. The lowest BCUT2D eigenvalue weighted by Crippen LogP contribution is -2.43. The summed E-state index contributed by atoms with van der Waals surface area (Å²) >= 11 is 0. The largest absolute Gasteiger partial charge is 0.466 e. The average molecular weight is 291 g/mol. The molecule has 4 heteroatoms. The second-order valence-electron chi connectivity index (χ2n) is 5.00. The maximum Gasteiger partial charge on any atom is 0.311 e. The molecule has 0 aliphatic rings. The highest BCUT2D eigenvalue weighted by molar-refractivity contribution is 5.94. The lowest BCUT2D eigenvalue weighted by molar-refractivity contribution is -0.149. The third-order valence-corrected chi connectivity index (χ3v) is 3.47. The number of nitrogens with one attached hydrogen (secondary N) is 1. The van der Waals surface area contributed by atoms with E-state index < -0.39 is 0 Å². The van der Waals surface area contributed by atoms with Gasteiger partial charge < -0.3 is 10.1 Å². The molecule has 1 N–H and O–H groups in total. The van der Waals surface area contributed by atoms with E-state index in [4.69, 9.17) is 4.74 Å². The van der Waals surface area contributed by atoms with Crippen molar-refractivity contribution in [3.8, 4) is 0 Å². The van der Waals surface area contributed by atoms with Gasteiger partial charge in [0.05, 0.1) is 12.5 Å². The molecule has 0 saturated heterocycles. The van der Waals surface area contributed by atoms with Gasteiger partial charge in [0, 0.05) is 11.6 Å². The van der Waals surface area contributed by atoms with E-state index >= 15 is 0 Å². The molecular weight excluding hydrogens is 266 g/mol. The quantitative estimate of drug-likeness (QED) is 0.748. The lowest BCUT2D eigenvalue weighted by Gasteiger charge is -2.25. The van der Waals surface area contributed by atoms with Crippen LogP contribution in [0, 0.1) is 5.92 Å². The fraction of sp³-hybridized carbons (Fsp3) is 0.529. The standard InChI is InChI=1S/C17H25NO3/c1-4-10-14(17(20)21-6-3)15(5-2)18-16(19)13-11-8-7-9-12-13/h7-9,11-12,14-15H,4-6,10H2,1-3H3,(H,18,19)/t14-,15+/m0/s1. The van der Waals surface area contributed by atoms with Crippen LogP contribution >= 0.6 is 0 Å². The van der Waals surface area contributed by atoms with Crippen LogP contribution in [-0.4, -0.2) is 24.5 Å². The Morgan fingerprint density at radius 1 is 1.14 bits per heavy atom. The fourth-order valence-corrected chi connectivity index (χ4v) is 2.37. The van der Waals surface area contributed by atoms with Crippen LogP contribution in [0.3, 0.4) is 0 Å². The molecule has 2 atom stereocenters. The van der Waals surface area contributed by atoms with Crippen LogP contribution in [0.2, 0.25) is 0 Å². The molecule has 0 saturated carbocycles. The van der Waals surface area contributed by atoms with Crippen molar-refractivity contribution in [3.63, 3.8) is 0 Å². The molecule has 1 aromatic carbocycles. The smallest absolute Gasteiger partial charge is 0.311 e. The Bertz CT molecular complexity index is 445. The van der Waals surface area contributed by atoms with Gasteiger partial charge in [-0.1, -0.05) is 38.5 Å². The van der Waals surface area contributed by atoms with Crippen LogP contribution in [0.15, 0.2) is 30.3 Å². The summed E-state index contributed by atoms with van der Waals surface area (Å²) in [5.41, 5.74) is 0.607. The monoisotopic (exact) mass is 291 g/mol. The van der Waals surface area contributed by atoms with Crippen molar-refractivity contribution < 1.29 is 14.3 Å². The minimum absolute atomic E-state index is 0.146. The third-order valence-electron chi connectivity index (χ3n) is 3.47. The molecule has 0 radical (unpaired) electrons. The number of carbonyl (C=O) groups is 2. The summed E-state index contributed by atoms with van der Waals surface area (Å²) in [6.07, 6.45) is 2.29. The minimum atomic E-state index is -0.285. The molecule has 0 heterocycles. The molecule has 0 unspecified atom stereocenters. The zero-order valence-corrected chi connectivity index (χ0v) is 13.1. The number of amides is 1. The van der Waals surface area contributed by atoms with Crippen molar-refractivity contribution in [2.75, 3.05) is 6.61 Å². The van der Waals surface area contributed by atoms with E-state index in [1.165, 1.54) is 0 Å². The molecule has 0 aromatic heterocycles. The molecule has 1 aromatic rings. The van der Waals surface area contributed by atoms with Crippen LogP contribution in [0.5, 0.6) is 0 Å². The van der Waals surface area contributed by atoms with Gasteiger partial charge in [-0.3, -0.25) is 9.59 Å². The first-order valence-corrected chi connectivity index (χ1v) is 7.66. The molecule has 0 bridgehead atoms. The number of carbonyl (C=O) groups excluding carboxylic acids is 2. The van der Waals surface area contributed by atoms with Gasteiger partial charge in [-0.05, 0) is 31.9 Å². The molecular formula is C17H25NO3. The summed E-state index contributed by atoms with van der Waals surface area (Å²) in [5.74, 6) is -0.653.